The van der Waals surface area contributed by atoms with Gasteiger partial charge in [0.1, 0.15) is 11.5 Å². The molecule has 0 radical (unpaired) electrons. The second kappa shape index (κ2) is 5.88. The third kappa shape index (κ3) is 3.24. The van der Waals surface area contributed by atoms with E-state index in [2.05, 4.69) is 0 Å². The van der Waals surface area contributed by atoms with E-state index in [1.54, 1.807) is 42.5 Å². The van der Waals surface area contributed by atoms with Gasteiger partial charge in [-0.3, -0.25) is 4.79 Å². The molecule has 0 aliphatic rings. The predicted octanol–water partition coefficient (Wildman–Crippen LogP) is 2.35. The van der Waals surface area contributed by atoms with E-state index >= 15 is 0 Å². The molecule has 0 fully saturated rings. The number of rotatable bonds is 5. The van der Waals surface area contributed by atoms with Gasteiger partial charge in [-0.25, -0.2) is 8.42 Å². The minimum absolute atomic E-state index is 0.114. The van der Waals surface area contributed by atoms with Crippen LogP contribution in [0.4, 0.5) is 0 Å². The molecule has 0 aromatic heterocycles. The molecule has 0 aliphatic carbocycles. The maximum atomic E-state index is 12.2. The van der Waals surface area contributed by atoms with Gasteiger partial charge < -0.3 is 4.74 Å². The van der Waals surface area contributed by atoms with Crippen LogP contribution in [0.1, 0.15) is 10.4 Å². The Morgan fingerprint density at radius 1 is 1.00 bits per heavy atom. The Kier molecular flexibility index (Phi) is 4.20. The Hall–Kier alpha value is -2.14. The lowest BCUT2D eigenvalue weighted by Crippen LogP contribution is -2.16. The van der Waals surface area contributed by atoms with Gasteiger partial charge in [-0.1, -0.05) is 30.3 Å². The molecule has 0 saturated carbocycles. The van der Waals surface area contributed by atoms with Gasteiger partial charge in [0.15, 0.2) is 15.6 Å². The summed E-state index contributed by atoms with van der Waals surface area (Å²) in [6, 6.07) is 14.4. The Bertz CT molecular complexity index is 688. The lowest BCUT2D eigenvalue weighted by Gasteiger charge is -2.05. The normalized spacial score (nSPS) is 11.1. The molecular formula is C15H14O4S. The van der Waals surface area contributed by atoms with Crippen LogP contribution in [0, 0.1) is 0 Å². The molecule has 0 aliphatic heterocycles. The molecule has 0 bridgehead atoms. The first kappa shape index (κ1) is 14.3. The van der Waals surface area contributed by atoms with Crippen LogP contribution in [0.15, 0.2) is 59.5 Å². The van der Waals surface area contributed by atoms with Crippen LogP contribution in [-0.2, 0) is 9.84 Å². The van der Waals surface area contributed by atoms with Crippen molar-refractivity contribution in [3.05, 3.63) is 60.2 Å². The number of carbonyl (C=O) groups excluding carboxylic acids is 1. The van der Waals surface area contributed by atoms with E-state index in [9.17, 15) is 13.2 Å². The van der Waals surface area contributed by atoms with Gasteiger partial charge >= 0.3 is 0 Å². The first-order valence-corrected chi connectivity index (χ1v) is 7.63. The lowest BCUT2D eigenvalue weighted by atomic mass is 10.2. The maximum Gasteiger partial charge on any atom is 0.185 e. The number of hydrogen-bond acceptors (Lipinski definition) is 4. The molecule has 2 aromatic rings. The van der Waals surface area contributed by atoms with Crippen LogP contribution in [0.3, 0.4) is 0 Å². The number of ketones is 1. The number of Topliss-reactive ketones (excluding diaryl/α,β-unsaturated/α-hetero) is 1. The van der Waals surface area contributed by atoms with Gasteiger partial charge in [0.05, 0.1) is 12.0 Å². The topological polar surface area (TPSA) is 60.4 Å². The molecule has 20 heavy (non-hydrogen) atoms. The van der Waals surface area contributed by atoms with Crippen molar-refractivity contribution >= 4 is 15.6 Å². The molecule has 0 N–H and O–H groups in total. The summed E-state index contributed by atoms with van der Waals surface area (Å²) in [6.45, 7) is 0. The van der Waals surface area contributed by atoms with Crippen LogP contribution >= 0.6 is 0 Å². The van der Waals surface area contributed by atoms with E-state index in [-0.39, 0.29) is 4.90 Å². The van der Waals surface area contributed by atoms with E-state index in [1.165, 1.54) is 19.2 Å². The summed E-state index contributed by atoms with van der Waals surface area (Å²) in [5.41, 5.74) is 0.393. The minimum Gasteiger partial charge on any atom is -0.497 e. The average Bonchev–Trinajstić information content (AvgIpc) is 2.48. The van der Waals surface area contributed by atoms with E-state index < -0.39 is 21.4 Å². The van der Waals surface area contributed by atoms with Crippen LogP contribution < -0.4 is 4.74 Å². The summed E-state index contributed by atoms with van der Waals surface area (Å²) in [6.07, 6.45) is 0. The molecule has 0 heterocycles. The zero-order valence-corrected chi connectivity index (χ0v) is 11.8. The summed E-state index contributed by atoms with van der Waals surface area (Å²) >= 11 is 0. The third-order valence-corrected chi connectivity index (χ3v) is 4.47. The highest BCUT2D eigenvalue weighted by molar-refractivity contribution is 7.92. The SMILES string of the molecule is COc1ccc(S(=O)(=O)CC(=O)c2ccccc2)cc1. The molecule has 2 aromatic carbocycles. The largest absolute Gasteiger partial charge is 0.497 e. The second-order valence-electron chi connectivity index (χ2n) is 4.22. The molecular weight excluding hydrogens is 276 g/mol. The van der Waals surface area contributed by atoms with Gasteiger partial charge in [0.25, 0.3) is 0 Å². The number of ether oxygens (including phenoxy) is 1. The maximum absolute atomic E-state index is 12.2. The van der Waals surface area contributed by atoms with E-state index in [1.807, 2.05) is 0 Å². The summed E-state index contributed by atoms with van der Waals surface area (Å²) < 4.78 is 29.3. The summed E-state index contributed by atoms with van der Waals surface area (Å²) in [5, 5.41) is 0. The third-order valence-electron chi connectivity index (χ3n) is 2.84. The number of methoxy groups -OCH3 is 1. The lowest BCUT2D eigenvalue weighted by molar-refractivity contribution is 0.102. The van der Waals surface area contributed by atoms with E-state index in [0.29, 0.717) is 11.3 Å². The van der Waals surface area contributed by atoms with Crippen molar-refractivity contribution < 1.29 is 17.9 Å². The number of benzene rings is 2. The zero-order valence-electron chi connectivity index (χ0n) is 10.9. The van der Waals surface area contributed by atoms with Gasteiger partial charge in [-0.2, -0.15) is 0 Å². The summed E-state index contributed by atoms with van der Waals surface area (Å²) in [4.78, 5) is 12.1. The van der Waals surface area contributed by atoms with Crippen molar-refractivity contribution in [3.63, 3.8) is 0 Å². The molecule has 5 heteroatoms. The monoisotopic (exact) mass is 290 g/mol. The van der Waals surface area contributed by atoms with E-state index in [4.69, 9.17) is 4.74 Å². The fourth-order valence-electron chi connectivity index (χ4n) is 1.75. The van der Waals surface area contributed by atoms with Crippen molar-refractivity contribution in [3.8, 4) is 5.75 Å². The molecule has 0 atom stereocenters. The fraction of sp³-hybridized carbons (Fsp3) is 0.133. The Balaban J connectivity index is 2.20. The predicted molar refractivity (Wildman–Crippen MR) is 75.8 cm³/mol. The van der Waals surface area contributed by atoms with Gasteiger partial charge in [0, 0.05) is 5.56 Å². The average molecular weight is 290 g/mol. The number of sulfone groups is 1. The molecule has 0 saturated heterocycles. The second-order valence-corrected chi connectivity index (χ2v) is 6.21. The van der Waals surface area contributed by atoms with Crippen molar-refractivity contribution in [1.82, 2.24) is 0 Å². The molecule has 0 spiro atoms. The quantitative estimate of drug-likeness (QED) is 0.793. The van der Waals surface area contributed by atoms with Crippen molar-refractivity contribution in [2.45, 2.75) is 4.90 Å². The number of hydrogen-bond donors (Lipinski definition) is 0. The van der Waals surface area contributed by atoms with Crippen molar-refractivity contribution in [2.75, 3.05) is 12.9 Å². The highest BCUT2D eigenvalue weighted by atomic mass is 32.2. The highest BCUT2D eigenvalue weighted by Crippen LogP contribution is 2.17. The Morgan fingerprint density at radius 3 is 2.15 bits per heavy atom. The van der Waals surface area contributed by atoms with Crippen molar-refractivity contribution in [2.24, 2.45) is 0 Å². The van der Waals surface area contributed by atoms with Crippen LogP contribution in [0.25, 0.3) is 0 Å². The Labute approximate surface area is 117 Å². The molecule has 0 unspecified atom stereocenters. The standard InChI is InChI=1S/C15H14O4S/c1-19-13-7-9-14(10-8-13)20(17,18)11-15(16)12-5-3-2-4-6-12/h2-10H,11H2,1H3. The first-order valence-electron chi connectivity index (χ1n) is 5.98. The molecule has 0 amide bonds. The number of carbonyl (C=O) groups is 1. The molecule has 104 valence electrons. The van der Waals surface area contributed by atoms with Crippen LogP contribution in [-0.4, -0.2) is 27.1 Å². The zero-order chi connectivity index (χ0) is 14.6. The van der Waals surface area contributed by atoms with Crippen LogP contribution in [0.5, 0.6) is 5.75 Å². The van der Waals surface area contributed by atoms with Gasteiger partial charge in [-0.15, -0.1) is 0 Å². The van der Waals surface area contributed by atoms with E-state index in [0.717, 1.165) is 0 Å². The summed E-state index contributed by atoms with van der Waals surface area (Å²) in [7, 11) is -2.14. The fourth-order valence-corrected chi connectivity index (χ4v) is 2.98. The van der Waals surface area contributed by atoms with Crippen molar-refractivity contribution in [1.29, 1.82) is 0 Å². The molecule has 2 rings (SSSR count). The first-order chi connectivity index (χ1) is 9.53. The van der Waals surface area contributed by atoms with Crippen LogP contribution in [0.2, 0.25) is 0 Å². The Morgan fingerprint density at radius 2 is 1.60 bits per heavy atom. The smallest absolute Gasteiger partial charge is 0.185 e. The van der Waals surface area contributed by atoms with Gasteiger partial charge in [0.2, 0.25) is 0 Å². The summed E-state index contributed by atoms with van der Waals surface area (Å²) in [5.74, 6) is -0.386. The highest BCUT2D eigenvalue weighted by Gasteiger charge is 2.20. The minimum atomic E-state index is -3.64. The van der Waals surface area contributed by atoms with Gasteiger partial charge in [-0.05, 0) is 24.3 Å². The molecule has 4 nitrogen and oxygen atoms in total.